The van der Waals surface area contributed by atoms with Crippen LogP contribution in [0.25, 0.3) is 0 Å². The molecule has 7 heteroatoms. The number of hydrogen-bond donors (Lipinski definition) is 2. The summed E-state index contributed by atoms with van der Waals surface area (Å²) in [5, 5.41) is 0.293. The predicted molar refractivity (Wildman–Crippen MR) is 68.4 cm³/mol. The molecule has 0 unspecified atom stereocenters. The Hall–Kier alpha value is -0.660. The number of rotatable bonds is 5. The van der Waals surface area contributed by atoms with Crippen LogP contribution in [-0.2, 0) is 10.0 Å². The average molecular weight is 275 g/mol. The van der Waals surface area contributed by atoms with Gasteiger partial charge in [-0.05, 0) is 19.3 Å². The van der Waals surface area contributed by atoms with Gasteiger partial charge in [-0.2, -0.15) is 0 Å². The molecule has 1 aromatic rings. The summed E-state index contributed by atoms with van der Waals surface area (Å²) in [5.74, 6) is 0.699. The first-order valence-corrected chi connectivity index (χ1v) is 8.01. The number of hydrogen-bond acceptors (Lipinski definition) is 5. The van der Waals surface area contributed by atoms with Gasteiger partial charge in [-0.25, -0.2) is 18.1 Å². The lowest BCUT2D eigenvalue weighted by Crippen LogP contribution is -2.27. The van der Waals surface area contributed by atoms with Crippen molar-refractivity contribution in [2.75, 3.05) is 12.3 Å². The summed E-state index contributed by atoms with van der Waals surface area (Å²) >= 11 is 1.02. The third-order valence-electron chi connectivity index (χ3n) is 3.08. The Morgan fingerprint density at radius 3 is 2.71 bits per heavy atom. The van der Waals surface area contributed by atoms with Crippen molar-refractivity contribution in [1.82, 2.24) is 9.71 Å². The smallest absolute Gasteiger partial charge is 0.252 e. The summed E-state index contributed by atoms with van der Waals surface area (Å²) in [4.78, 5) is 3.93. The molecule has 5 nitrogen and oxygen atoms in total. The second kappa shape index (κ2) is 4.91. The van der Waals surface area contributed by atoms with Crippen molar-refractivity contribution >= 4 is 26.5 Å². The number of aromatic nitrogens is 1. The highest BCUT2D eigenvalue weighted by Gasteiger charge is 2.22. The molecule has 0 spiro atoms. The molecule has 0 atom stereocenters. The molecule has 1 fully saturated rings. The summed E-state index contributed by atoms with van der Waals surface area (Å²) in [5.41, 5.74) is 5.97. The molecule has 0 aromatic carbocycles. The summed E-state index contributed by atoms with van der Waals surface area (Å²) in [7, 11) is -3.42. The van der Waals surface area contributed by atoms with Crippen LogP contribution >= 0.6 is 11.3 Å². The lowest BCUT2D eigenvalue weighted by molar-refractivity contribution is 0.297. The molecule has 1 aromatic heterocycles. The van der Waals surface area contributed by atoms with Crippen molar-refractivity contribution in [2.24, 2.45) is 5.92 Å². The van der Waals surface area contributed by atoms with Crippen LogP contribution in [0.4, 0.5) is 5.13 Å². The van der Waals surface area contributed by atoms with Crippen molar-refractivity contribution in [3.05, 3.63) is 5.69 Å². The number of nitrogens with one attached hydrogen (secondary N) is 1. The zero-order valence-electron chi connectivity index (χ0n) is 9.77. The van der Waals surface area contributed by atoms with E-state index in [0.717, 1.165) is 17.8 Å². The highest BCUT2D eigenvalue weighted by molar-refractivity contribution is 7.91. The Bertz CT molecular complexity index is 492. The van der Waals surface area contributed by atoms with Crippen LogP contribution in [0.15, 0.2) is 4.21 Å². The number of nitrogens with zero attached hydrogens (tertiary/aromatic N) is 1. The van der Waals surface area contributed by atoms with Gasteiger partial charge >= 0.3 is 0 Å². The molecule has 17 heavy (non-hydrogen) atoms. The molecule has 0 saturated heterocycles. The van der Waals surface area contributed by atoms with E-state index >= 15 is 0 Å². The van der Waals surface area contributed by atoms with E-state index in [4.69, 9.17) is 5.73 Å². The first-order valence-electron chi connectivity index (χ1n) is 5.71. The molecule has 0 aliphatic heterocycles. The predicted octanol–water partition coefficient (Wildman–Crippen LogP) is 1.50. The zero-order chi connectivity index (χ0) is 12.5. The van der Waals surface area contributed by atoms with E-state index in [-0.39, 0.29) is 4.21 Å². The Morgan fingerprint density at radius 2 is 2.24 bits per heavy atom. The molecule has 0 radical (unpaired) electrons. The minimum atomic E-state index is -3.42. The van der Waals surface area contributed by atoms with Gasteiger partial charge in [0.1, 0.15) is 0 Å². The Kier molecular flexibility index (Phi) is 3.70. The van der Waals surface area contributed by atoms with Crippen molar-refractivity contribution < 1.29 is 8.42 Å². The van der Waals surface area contributed by atoms with Crippen molar-refractivity contribution in [1.29, 1.82) is 0 Å². The monoisotopic (exact) mass is 275 g/mol. The first kappa shape index (κ1) is 12.8. The quantitative estimate of drug-likeness (QED) is 0.853. The van der Waals surface area contributed by atoms with E-state index in [0.29, 0.717) is 23.3 Å². The maximum absolute atomic E-state index is 12.0. The maximum Gasteiger partial charge on any atom is 0.252 e. The van der Waals surface area contributed by atoms with Gasteiger partial charge in [-0.3, -0.25) is 0 Å². The largest absolute Gasteiger partial charge is 0.375 e. The Labute approximate surface area is 105 Å². The van der Waals surface area contributed by atoms with Gasteiger partial charge in [0, 0.05) is 6.54 Å². The van der Waals surface area contributed by atoms with Crippen molar-refractivity contribution in [3.63, 3.8) is 0 Å². The van der Waals surface area contributed by atoms with E-state index < -0.39 is 10.0 Å². The summed E-state index contributed by atoms with van der Waals surface area (Å²) < 4.78 is 26.8. The van der Waals surface area contributed by atoms with Crippen LogP contribution in [-0.4, -0.2) is 19.9 Å². The Morgan fingerprint density at radius 1 is 1.53 bits per heavy atom. The molecule has 1 aliphatic carbocycles. The van der Waals surface area contributed by atoms with E-state index in [1.807, 2.05) is 0 Å². The zero-order valence-corrected chi connectivity index (χ0v) is 11.4. The first-order chi connectivity index (χ1) is 7.99. The van der Waals surface area contributed by atoms with Gasteiger partial charge in [0.15, 0.2) is 9.34 Å². The number of nitrogen functional groups attached to an aromatic ring is 1. The number of anilines is 1. The second-order valence-corrected chi connectivity index (χ2v) is 7.40. The molecule has 1 saturated carbocycles. The number of nitrogens with two attached hydrogens (primary N) is 1. The van der Waals surface area contributed by atoms with E-state index in [9.17, 15) is 8.42 Å². The molecule has 3 N–H and O–H groups in total. The fourth-order valence-corrected chi connectivity index (χ4v) is 4.29. The molecule has 2 rings (SSSR count). The third-order valence-corrected chi connectivity index (χ3v) is 6.14. The minimum Gasteiger partial charge on any atom is -0.375 e. The fraction of sp³-hybridized carbons (Fsp3) is 0.700. The summed E-state index contributed by atoms with van der Waals surface area (Å²) in [6, 6.07) is 0. The third kappa shape index (κ3) is 2.97. The van der Waals surface area contributed by atoms with E-state index in [2.05, 4.69) is 9.71 Å². The van der Waals surface area contributed by atoms with Gasteiger partial charge in [0.25, 0.3) is 10.0 Å². The van der Waals surface area contributed by atoms with Crippen LogP contribution in [0.5, 0.6) is 0 Å². The second-order valence-electron chi connectivity index (χ2n) is 4.41. The standard InChI is InChI=1S/C10H17N3O2S2/c1-7-9(16-10(11)13-7)17(14,15)12-6-5-8-3-2-4-8/h8,12H,2-6H2,1H3,(H2,11,13). The van der Waals surface area contributed by atoms with Crippen molar-refractivity contribution in [2.45, 2.75) is 36.8 Å². The molecule has 1 aliphatic rings. The van der Waals surface area contributed by atoms with Crippen LogP contribution < -0.4 is 10.5 Å². The summed E-state index contributed by atoms with van der Waals surface area (Å²) in [6.45, 7) is 2.16. The minimum absolute atomic E-state index is 0.239. The van der Waals surface area contributed by atoms with Gasteiger partial charge in [0.2, 0.25) is 0 Å². The van der Waals surface area contributed by atoms with Crippen LogP contribution in [0.3, 0.4) is 0 Å². The number of aryl methyl sites for hydroxylation is 1. The molecule has 96 valence electrons. The van der Waals surface area contributed by atoms with E-state index in [1.165, 1.54) is 19.3 Å². The lowest BCUT2D eigenvalue weighted by Gasteiger charge is -2.24. The maximum atomic E-state index is 12.0. The van der Waals surface area contributed by atoms with Gasteiger partial charge < -0.3 is 5.73 Å². The number of thiazole rings is 1. The molecule has 0 amide bonds. The summed E-state index contributed by atoms with van der Waals surface area (Å²) in [6.07, 6.45) is 4.66. The van der Waals surface area contributed by atoms with Gasteiger partial charge in [0.05, 0.1) is 5.69 Å². The molecular weight excluding hydrogens is 258 g/mol. The highest BCUT2D eigenvalue weighted by Crippen LogP contribution is 2.29. The van der Waals surface area contributed by atoms with E-state index in [1.54, 1.807) is 6.92 Å². The van der Waals surface area contributed by atoms with Crippen LogP contribution in [0.2, 0.25) is 0 Å². The normalized spacial score (nSPS) is 17.0. The lowest BCUT2D eigenvalue weighted by atomic mass is 9.83. The Balaban J connectivity index is 1.95. The SMILES string of the molecule is Cc1nc(N)sc1S(=O)(=O)NCCC1CCC1. The van der Waals surface area contributed by atoms with Crippen LogP contribution in [0.1, 0.15) is 31.4 Å². The highest BCUT2D eigenvalue weighted by atomic mass is 32.2. The van der Waals surface area contributed by atoms with Gasteiger partial charge in [-0.1, -0.05) is 30.6 Å². The number of sulfonamides is 1. The van der Waals surface area contributed by atoms with Crippen molar-refractivity contribution in [3.8, 4) is 0 Å². The molecule has 0 bridgehead atoms. The van der Waals surface area contributed by atoms with Crippen LogP contribution in [0, 0.1) is 12.8 Å². The average Bonchev–Trinajstić information content (AvgIpc) is 2.50. The fourth-order valence-electron chi connectivity index (χ4n) is 1.90. The van der Waals surface area contributed by atoms with Gasteiger partial charge in [-0.15, -0.1) is 0 Å². The molecular formula is C10H17N3O2S2. The molecule has 1 heterocycles. The topological polar surface area (TPSA) is 85.1 Å².